The molecule has 0 aliphatic heterocycles. The lowest BCUT2D eigenvalue weighted by Crippen LogP contribution is -2.27. The van der Waals surface area contributed by atoms with Crippen LogP contribution in [0.15, 0.2) is 37.5 Å². The van der Waals surface area contributed by atoms with Gasteiger partial charge in [0.1, 0.15) is 0 Å². The minimum atomic E-state index is -1.80. The molecule has 0 bridgehead atoms. The van der Waals surface area contributed by atoms with Gasteiger partial charge in [-0.2, -0.15) is 0 Å². The van der Waals surface area contributed by atoms with Crippen LogP contribution < -0.4 is 0 Å². The summed E-state index contributed by atoms with van der Waals surface area (Å²) in [6.45, 7) is 17.4. The quantitative estimate of drug-likeness (QED) is 0.353. The smallest absolute Gasteiger partial charge is 0.446 e. The molecule has 0 radical (unpaired) electrons. The first-order valence-electron chi connectivity index (χ1n) is 5.34. The molecule has 0 aromatic heterocycles. The summed E-state index contributed by atoms with van der Waals surface area (Å²) < 4.78 is 16.4. The number of hydrogen-bond donors (Lipinski definition) is 0. The molecule has 0 saturated carbocycles. The van der Waals surface area contributed by atoms with Crippen molar-refractivity contribution >= 4 is 9.28 Å². The minimum absolute atomic E-state index is 0.327. The fourth-order valence-corrected chi connectivity index (χ4v) is 2.84. The van der Waals surface area contributed by atoms with E-state index in [-0.39, 0.29) is 0 Å². The van der Waals surface area contributed by atoms with Crippen molar-refractivity contribution in [1.29, 1.82) is 0 Å². The van der Waals surface area contributed by atoms with Gasteiger partial charge in [0.15, 0.2) is 0 Å². The van der Waals surface area contributed by atoms with E-state index in [1.54, 1.807) is 0 Å². The van der Waals surface area contributed by atoms with E-state index >= 15 is 0 Å². The Hall–Kier alpha value is -1.16. The Morgan fingerprint density at radius 3 is 2.12 bits per heavy atom. The second kappa shape index (κ2) is 8.04. The van der Waals surface area contributed by atoms with Crippen LogP contribution in [0.5, 0.6) is 0 Å². The molecule has 0 rings (SSSR count). The number of allylic oxidation sites excluding steroid dienone is 2. The highest BCUT2D eigenvalue weighted by molar-refractivity contribution is 6.46. The summed E-state index contributed by atoms with van der Waals surface area (Å²) in [4.78, 5) is 0. The molecular formula is C12H22O3Si. The van der Waals surface area contributed by atoms with Crippen molar-refractivity contribution in [3.8, 4) is 0 Å². The lowest BCUT2D eigenvalue weighted by molar-refractivity contribution is 0.229. The van der Waals surface area contributed by atoms with E-state index < -0.39 is 9.28 Å². The Balaban J connectivity index is 4.18. The minimum Gasteiger partial charge on any atom is -0.519 e. The van der Waals surface area contributed by atoms with Crippen molar-refractivity contribution in [1.82, 2.24) is 0 Å². The predicted molar refractivity (Wildman–Crippen MR) is 69.1 cm³/mol. The van der Waals surface area contributed by atoms with Crippen LogP contribution in [0, 0.1) is 0 Å². The maximum absolute atomic E-state index is 5.63. The van der Waals surface area contributed by atoms with Gasteiger partial charge in [0.05, 0.1) is 24.4 Å². The molecule has 0 heterocycles. The van der Waals surface area contributed by atoms with Crippen LogP contribution in [0.1, 0.15) is 27.2 Å². The van der Waals surface area contributed by atoms with Gasteiger partial charge < -0.3 is 13.6 Å². The molecule has 0 N–H and O–H groups in total. The zero-order valence-electron chi connectivity index (χ0n) is 10.5. The van der Waals surface area contributed by atoms with Gasteiger partial charge in [0.25, 0.3) is 0 Å². The van der Waals surface area contributed by atoms with Gasteiger partial charge in [-0.1, -0.05) is 26.7 Å². The molecule has 3 nitrogen and oxygen atoms in total. The van der Waals surface area contributed by atoms with E-state index in [1.807, 2.05) is 13.8 Å². The summed E-state index contributed by atoms with van der Waals surface area (Å²) in [5, 5.41) is 0. The van der Waals surface area contributed by atoms with Crippen LogP contribution in [0.4, 0.5) is 0 Å². The second-order valence-corrected chi connectivity index (χ2v) is 6.16. The summed E-state index contributed by atoms with van der Waals surface area (Å²) in [7, 11) is -1.80. The van der Waals surface area contributed by atoms with Crippen LogP contribution in [0.25, 0.3) is 0 Å². The molecule has 0 spiro atoms. The van der Waals surface area contributed by atoms with Gasteiger partial charge in [-0.25, -0.2) is 0 Å². The van der Waals surface area contributed by atoms with Gasteiger partial charge in [-0.15, -0.1) is 0 Å². The van der Waals surface area contributed by atoms with Crippen molar-refractivity contribution in [3.63, 3.8) is 0 Å². The first-order valence-corrected chi connectivity index (χ1v) is 6.95. The van der Waals surface area contributed by atoms with Crippen LogP contribution >= 0.6 is 0 Å². The first-order chi connectivity index (χ1) is 7.47. The first kappa shape index (κ1) is 14.8. The summed E-state index contributed by atoms with van der Waals surface area (Å²) in [5.41, 5.74) is 0.327. The molecule has 0 saturated heterocycles. The van der Waals surface area contributed by atoms with Gasteiger partial charge in [-0.05, 0) is 20.3 Å². The molecular weight excluding hydrogens is 220 g/mol. The Bertz CT molecular complexity index is 235. The Labute approximate surface area is 100 Å². The summed E-state index contributed by atoms with van der Waals surface area (Å²) in [5.74, 6) is 1.38. The normalized spacial score (nSPS) is 11.8. The van der Waals surface area contributed by atoms with E-state index in [1.165, 1.54) is 6.26 Å². The molecule has 0 fully saturated rings. The molecule has 0 aromatic carbocycles. The molecule has 92 valence electrons. The van der Waals surface area contributed by atoms with E-state index in [4.69, 9.17) is 13.6 Å². The zero-order chi connectivity index (χ0) is 12.6. The molecule has 1 atom stereocenters. The van der Waals surface area contributed by atoms with E-state index in [0.717, 1.165) is 6.42 Å². The second-order valence-electron chi connectivity index (χ2n) is 3.81. The molecule has 16 heavy (non-hydrogen) atoms. The highest BCUT2D eigenvalue weighted by Gasteiger charge is 2.25. The topological polar surface area (TPSA) is 27.7 Å². The molecule has 0 amide bonds. The molecule has 0 aliphatic carbocycles. The zero-order valence-corrected chi connectivity index (χ0v) is 11.6. The molecule has 0 aromatic rings. The molecule has 0 aliphatic rings. The number of hydrogen-bond acceptors (Lipinski definition) is 3. The fourth-order valence-electron chi connectivity index (χ4n) is 1.13. The summed E-state index contributed by atoms with van der Waals surface area (Å²) in [6, 6.07) is 0. The van der Waals surface area contributed by atoms with Crippen molar-refractivity contribution in [2.24, 2.45) is 0 Å². The van der Waals surface area contributed by atoms with Crippen molar-refractivity contribution in [2.75, 3.05) is 6.61 Å². The number of ether oxygens (including phenoxy) is 1. The van der Waals surface area contributed by atoms with E-state index in [2.05, 4.69) is 26.7 Å². The average molecular weight is 242 g/mol. The number of rotatable bonds is 9. The maximum Gasteiger partial charge on any atom is 0.446 e. The summed E-state index contributed by atoms with van der Waals surface area (Å²) >= 11 is 0. The lowest BCUT2D eigenvalue weighted by atomic mass is 10.3. The van der Waals surface area contributed by atoms with Crippen LogP contribution in [-0.2, 0) is 13.6 Å². The van der Waals surface area contributed by atoms with E-state index in [9.17, 15) is 0 Å². The van der Waals surface area contributed by atoms with Gasteiger partial charge in [0, 0.05) is 5.54 Å². The Kier molecular flexibility index (Phi) is 7.46. The Morgan fingerprint density at radius 2 is 1.75 bits per heavy atom. The van der Waals surface area contributed by atoms with E-state index in [0.29, 0.717) is 23.7 Å². The van der Waals surface area contributed by atoms with Crippen molar-refractivity contribution < 1.29 is 13.6 Å². The summed E-state index contributed by atoms with van der Waals surface area (Å²) in [6.07, 6.45) is 2.33. The third-order valence-corrected chi connectivity index (χ3v) is 4.44. The van der Waals surface area contributed by atoms with Crippen LogP contribution in [-0.4, -0.2) is 15.9 Å². The highest BCUT2D eigenvalue weighted by atomic mass is 28.3. The van der Waals surface area contributed by atoms with Crippen LogP contribution in [0.3, 0.4) is 0 Å². The predicted octanol–water partition coefficient (Wildman–Crippen LogP) is 3.25. The van der Waals surface area contributed by atoms with Gasteiger partial charge >= 0.3 is 9.28 Å². The lowest BCUT2D eigenvalue weighted by Gasteiger charge is -2.23. The molecule has 1 unspecified atom stereocenters. The van der Waals surface area contributed by atoms with Gasteiger partial charge in [0.2, 0.25) is 0 Å². The Morgan fingerprint density at radius 1 is 1.25 bits per heavy atom. The highest BCUT2D eigenvalue weighted by Crippen LogP contribution is 2.20. The van der Waals surface area contributed by atoms with Crippen LogP contribution in [0.2, 0.25) is 5.54 Å². The SMILES string of the molecule is C=COCCC(C)[SiH](OC(=C)C)OC(=C)C. The van der Waals surface area contributed by atoms with Crippen molar-refractivity contribution in [2.45, 2.75) is 32.7 Å². The monoisotopic (exact) mass is 242 g/mol. The average Bonchev–Trinajstić information content (AvgIpc) is 2.15. The maximum atomic E-state index is 5.63. The van der Waals surface area contributed by atoms with Crippen molar-refractivity contribution in [3.05, 3.63) is 37.5 Å². The molecule has 4 heteroatoms. The third-order valence-electron chi connectivity index (χ3n) is 1.91. The largest absolute Gasteiger partial charge is 0.519 e. The third kappa shape index (κ3) is 7.17. The standard InChI is InChI=1S/C12H22O3Si/c1-7-13-9-8-12(6)16(14-10(2)3)15-11(4)5/h7,12,16H,1-2,4,8-9H2,3,5-6H3. The van der Waals surface area contributed by atoms with Gasteiger partial charge in [-0.3, -0.25) is 0 Å². The fraction of sp³-hybridized carbons (Fsp3) is 0.500.